The summed E-state index contributed by atoms with van der Waals surface area (Å²) < 4.78 is 5.77. The maximum Gasteiger partial charge on any atom is 0.255 e. The molecule has 5 heteroatoms. The fourth-order valence-corrected chi connectivity index (χ4v) is 2.97. The molecule has 0 aliphatic rings. The molecule has 26 heavy (non-hydrogen) atoms. The van der Waals surface area contributed by atoms with Gasteiger partial charge in [0.25, 0.3) is 5.91 Å². The van der Waals surface area contributed by atoms with Crippen LogP contribution in [0.4, 0.5) is 0 Å². The fourth-order valence-electron chi connectivity index (χ4n) is 2.76. The Bertz CT molecular complexity index is 866. The highest BCUT2D eigenvalue weighted by molar-refractivity contribution is 6.30. The minimum Gasteiger partial charge on any atom is -0.489 e. The van der Waals surface area contributed by atoms with E-state index in [0.717, 1.165) is 16.7 Å². The van der Waals surface area contributed by atoms with E-state index in [1.165, 1.54) is 0 Å². The van der Waals surface area contributed by atoms with E-state index in [0.29, 0.717) is 17.4 Å². The van der Waals surface area contributed by atoms with Crippen molar-refractivity contribution < 1.29 is 14.7 Å². The van der Waals surface area contributed by atoms with Crippen molar-refractivity contribution in [1.29, 1.82) is 0 Å². The third kappa shape index (κ3) is 4.42. The van der Waals surface area contributed by atoms with Crippen LogP contribution >= 0.6 is 11.6 Å². The van der Waals surface area contributed by atoms with Gasteiger partial charge in [0.15, 0.2) is 0 Å². The van der Waals surface area contributed by atoms with Crippen molar-refractivity contribution in [2.45, 2.75) is 12.5 Å². The number of amides is 1. The second-order valence-electron chi connectivity index (χ2n) is 5.81. The minimum atomic E-state index is -0.594. The molecule has 1 amide bonds. The smallest absolute Gasteiger partial charge is 0.255 e. The van der Waals surface area contributed by atoms with E-state index < -0.39 is 11.8 Å². The third-order valence-corrected chi connectivity index (χ3v) is 4.25. The van der Waals surface area contributed by atoms with Crippen molar-refractivity contribution in [3.05, 3.63) is 101 Å². The second-order valence-corrected chi connectivity index (χ2v) is 6.24. The molecule has 0 saturated heterocycles. The van der Waals surface area contributed by atoms with Crippen molar-refractivity contribution in [1.82, 2.24) is 5.48 Å². The number of hydrogen-bond donors (Lipinski definition) is 2. The summed E-state index contributed by atoms with van der Waals surface area (Å²) in [6.07, 6.45) is 0. The Morgan fingerprint density at radius 3 is 2.31 bits per heavy atom. The average Bonchev–Trinajstić information content (AvgIpc) is 2.68. The van der Waals surface area contributed by atoms with Crippen LogP contribution in [0.1, 0.15) is 22.6 Å². The number of rotatable bonds is 6. The zero-order chi connectivity index (χ0) is 18.4. The van der Waals surface area contributed by atoms with E-state index in [4.69, 9.17) is 21.5 Å². The van der Waals surface area contributed by atoms with Gasteiger partial charge in [-0.15, -0.1) is 0 Å². The number of carbonyl (C=O) groups excluding carboxylic acids is 1. The quantitative estimate of drug-likeness (QED) is 0.496. The van der Waals surface area contributed by atoms with Crippen molar-refractivity contribution in [2.75, 3.05) is 0 Å². The summed E-state index contributed by atoms with van der Waals surface area (Å²) in [5.74, 6) is -0.392. The first-order chi connectivity index (χ1) is 12.7. The monoisotopic (exact) mass is 367 g/mol. The van der Waals surface area contributed by atoms with Crippen LogP contribution in [0.25, 0.3) is 0 Å². The Labute approximate surface area is 157 Å². The molecule has 0 spiro atoms. The molecule has 132 valence electrons. The lowest BCUT2D eigenvalue weighted by Crippen LogP contribution is -2.27. The summed E-state index contributed by atoms with van der Waals surface area (Å²) in [5.41, 5.74) is 4.28. The average molecular weight is 368 g/mol. The van der Waals surface area contributed by atoms with E-state index >= 15 is 0 Å². The predicted octanol–water partition coefficient (Wildman–Crippen LogP) is 4.56. The molecule has 0 saturated carbocycles. The van der Waals surface area contributed by atoms with E-state index in [9.17, 15) is 4.79 Å². The first kappa shape index (κ1) is 18.0. The van der Waals surface area contributed by atoms with Crippen LogP contribution in [0.5, 0.6) is 5.75 Å². The van der Waals surface area contributed by atoms with Gasteiger partial charge in [0.05, 0.1) is 5.92 Å². The molecule has 0 radical (unpaired) electrons. The first-order valence-electron chi connectivity index (χ1n) is 8.13. The maximum atomic E-state index is 12.1. The molecule has 0 aliphatic heterocycles. The summed E-state index contributed by atoms with van der Waals surface area (Å²) in [7, 11) is 0. The molecule has 1 unspecified atom stereocenters. The summed E-state index contributed by atoms with van der Waals surface area (Å²) in [4.78, 5) is 12.1. The number of halogens is 1. The molecule has 1 atom stereocenters. The maximum absolute atomic E-state index is 12.1. The van der Waals surface area contributed by atoms with Crippen LogP contribution in [0.2, 0.25) is 5.02 Å². The Morgan fingerprint density at radius 2 is 1.65 bits per heavy atom. The van der Waals surface area contributed by atoms with Crippen molar-refractivity contribution in [2.24, 2.45) is 0 Å². The number of hydroxylamine groups is 1. The van der Waals surface area contributed by atoms with Crippen LogP contribution in [0.15, 0.2) is 78.9 Å². The molecule has 0 aromatic heterocycles. The second kappa shape index (κ2) is 8.52. The van der Waals surface area contributed by atoms with Gasteiger partial charge in [-0.25, -0.2) is 5.48 Å². The molecular formula is C21H18ClNO3. The van der Waals surface area contributed by atoms with Gasteiger partial charge in [-0.1, -0.05) is 66.2 Å². The molecule has 0 aliphatic carbocycles. The summed E-state index contributed by atoms with van der Waals surface area (Å²) in [5, 5.41) is 9.75. The molecule has 3 aromatic rings. The molecular weight excluding hydrogens is 350 g/mol. The fraction of sp³-hybridized carbons (Fsp3) is 0.0952. The lowest BCUT2D eigenvalue weighted by molar-refractivity contribution is -0.129. The molecule has 4 nitrogen and oxygen atoms in total. The Kier molecular flexibility index (Phi) is 5.89. The van der Waals surface area contributed by atoms with Gasteiger partial charge in [-0.3, -0.25) is 10.0 Å². The SMILES string of the molecule is O=C(NO)C(c1ccccc1)c1ccc(OCc2cccc(Cl)c2)cc1. The highest BCUT2D eigenvalue weighted by Gasteiger charge is 2.22. The standard InChI is InChI=1S/C21H18ClNO3/c22-18-8-4-5-15(13-18)14-26-19-11-9-17(10-12-19)20(21(24)23-25)16-6-2-1-3-7-16/h1-13,20,25H,14H2,(H,23,24). The van der Waals surface area contributed by atoms with Gasteiger partial charge in [-0.2, -0.15) is 0 Å². The molecule has 2 N–H and O–H groups in total. The number of hydrogen-bond acceptors (Lipinski definition) is 3. The lowest BCUT2D eigenvalue weighted by Gasteiger charge is -2.16. The predicted molar refractivity (Wildman–Crippen MR) is 100 cm³/mol. The Morgan fingerprint density at radius 1 is 0.962 bits per heavy atom. The highest BCUT2D eigenvalue weighted by Crippen LogP contribution is 2.27. The van der Waals surface area contributed by atoms with Crippen molar-refractivity contribution in [3.8, 4) is 5.75 Å². The van der Waals surface area contributed by atoms with E-state index in [2.05, 4.69) is 0 Å². The van der Waals surface area contributed by atoms with Crippen molar-refractivity contribution >= 4 is 17.5 Å². The number of carbonyl (C=O) groups is 1. The highest BCUT2D eigenvalue weighted by atomic mass is 35.5. The van der Waals surface area contributed by atoms with Gasteiger partial charge in [0.2, 0.25) is 0 Å². The topological polar surface area (TPSA) is 58.6 Å². The lowest BCUT2D eigenvalue weighted by atomic mass is 9.91. The summed E-state index contributed by atoms with van der Waals surface area (Å²) in [6.45, 7) is 0.402. The number of benzene rings is 3. The van der Waals surface area contributed by atoms with Gasteiger partial charge in [0, 0.05) is 5.02 Å². The van der Waals surface area contributed by atoms with E-state index in [-0.39, 0.29) is 0 Å². The van der Waals surface area contributed by atoms with Gasteiger partial charge in [0.1, 0.15) is 12.4 Å². The van der Waals surface area contributed by atoms with Gasteiger partial charge < -0.3 is 4.74 Å². The molecule has 3 rings (SSSR count). The summed E-state index contributed by atoms with van der Waals surface area (Å²) >= 11 is 5.97. The molecule has 0 heterocycles. The zero-order valence-electron chi connectivity index (χ0n) is 13.9. The normalized spacial score (nSPS) is 11.6. The number of ether oxygens (including phenoxy) is 1. The molecule has 0 fully saturated rings. The zero-order valence-corrected chi connectivity index (χ0v) is 14.7. The van der Waals surface area contributed by atoms with Crippen molar-refractivity contribution in [3.63, 3.8) is 0 Å². The summed E-state index contributed by atoms with van der Waals surface area (Å²) in [6, 6.07) is 24.0. The van der Waals surface area contributed by atoms with E-state index in [1.54, 1.807) is 17.6 Å². The molecule has 3 aromatic carbocycles. The molecule has 0 bridgehead atoms. The van der Waals surface area contributed by atoms with Gasteiger partial charge >= 0.3 is 0 Å². The van der Waals surface area contributed by atoms with Crippen LogP contribution in [-0.2, 0) is 11.4 Å². The van der Waals surface area contributed by atoms with E-state index in [1.807, 2.05) is 66.7 Å². The Balaban J connectivity index is 1.75. The number of nitrogens with one attached hydrogen (secondary N) is 1. The largest absolute Gasteiger partial charge is 0.489 e. The van der Waals surface area contributed by atoms with Crippen LogP contribution in [0.3, 0.4) is 0 Å². The van der Waals surface area contributed by atoms with Crippen LogP contribution < -0.4 is 10.2 Å². The first-order valence-corrected chi connectivity index (χ1v) is 8.51. The van der Waals surface area contributed by atoms with Crippen LogP contribution in [0, 0.1) is 0 Å². The third-order valence-electron chi connectivity index (χ3n) is 4.01. The minimum absolute atomic E-state index is 0.402. The Hall–Kier alpha value is -2.82. The van der Waals surface area contributed by atoms with Gasteiger partial charge in [-0.05, 0) is 41.0 Å². The van der Waals surface area contributed by atoms with Crippen LogP contribution in [-0.4, -0.2) is 11.1 Å².